The Bertz CT molecular complexity index is 584. The number of ether oxygens (including phenoxy) is 2. The summed E-state index contributed by atoms with van der Waals surface area (Å²) in [5, 5.41) is 0.572. The van der Waals surface area contributed by atoms with E-state index < -0.39 is 0 Å². The third-order valence-corrected chi connectivity index (χ3v) is 3.31. The molecule has 3 nitrogen and oxygen atoms in total. The van der Waals surface area contributed by atoms with Crippen molar-refractivity contribution >= 4 is 11.6 Å². The second kappa shape index (κ2) is 6.64. The molecule has 2 aromatic rings. The maximum absolute atomic E-state index is 6.19. The fourth-order valence-corrected chi connectivity index (χ4v) is 2.08. The zero-order chi connectivity index (χ0) is 14.5. The summed E-state index contributed by atoms with van der Waals surface area (Å²) in [6.45, 7) is 2.36. The van der Waals surface area contributed by atoms with Gasteiger partial charge in [-0.2, -0.15) is 0 Å². The van der Waals surface area contributed by atoms with Crippen LogP contribution in [0.4, 0.5) is 0 Å². The highest BCUT2D eigenvalue weighted by atomic mass is 35.5. The number of hydrogen-bond donors (Lipinski definition) is 1. The zero-order valence-electron chi connectivity index (χ0n) is 11.6. The molecule has 0 heterocycles. The first-order chi connectivity index (χ1) is 9.60. The van der Waals surface area contributed by atoms with E-state index in [4.69, 9.17) is 26.8 Å². The Morgan fingerprint density at radius 2 is 2.00 bits per heavy atom. The molecule has 0 radical (unpaired) electrons. The van der Waals surface area contributed by atoms with Crippen LogP contribution in [0.15, 0.2) is 42.5 Å². The molecule has 4 heteroatoms. The largest absolute Gasteiger partial charge is 0.497 e. The summed E-state index contributed by atoms with van der Waals surface area (Å²) in [6.07, 6.45) is 0. The molecule has 106 valence electrons. The number of rotatable bonds is 5. The summed E-state index contributed by atoms with van der Waals surface area (Å²) in [5.74, 6) is 1.46. The topological polar surface area (TPSA) is 44.5 Å². The van der Waals surface area contributed by atoms with Gasteiger partial charge in [-0.05, 0) is 42.3 Å². The lowest BCUT2D eigenvalue weighted by molar-refractivity contribution is 0.305. The number of halogens is 1. The maximum atomic E-state index is 6.19. The van der Waals surface area contributed by atoms with Crippen molar-refractivity contribution in [3.63, 3.8) is 0 Å². The first kappa shape index (κ1) is 14.7. The molecule has 0 aromatic heterocycles. The van der Waals surface area contributed by atoms with E-state index in [1.807, 2.05) is 49.4 Å². The highest BCUT2D eigenvalue weighted by Gasteiger charge is 2.06. The average molecular weight is 292 g/mol. The van der Waals surface area contributed by atoms with Crippen LogP contribution in [0.25, 0.3) is 0 Å². The van der Waals surface area contributed by atoms with Gasteiger partial charge in [-0.15, -0.1) is 0 Å². The van der Waals surface area contributed by atoms with E-state index in [1.54, 1.807) is 7.11 Å². The number of methoxy groups -OCH3 is 1. The number of hydrogen-bond acceptors (Lipinski definition) is 3. The Kier molecular flexibility index (Phi) is 4.88. The predicted molar refractivity (Wildman–Crippen MR) is 81.4 cm³/mol. The molecular weight excluding hydrogens is 274 g/mol. The van der Waals surface area contributed by atoms with Crippen LogP contribution in [0.1, 0.15) is 24.1 Å². The fraction of sp³-hybridized carbons (Fsp3) is 0.250. The van der Waals surface area contributed by atoms with Crippen LogP contribution in [0.2, 0.25) is 5.02 Å². The van der Waals surface area contributed by atoms with E-state index >= 15 is 0 Å². The molecule has 2 aromatic carbocycles. The second-order valence-electron chi connectivity index (χ2n) is 4.62. The van der Waals surface area contributed by atoms with Crippen LogP contribution in [-0.4, -0.2) is 7.11 Å². The highest BCUT2D eigenvalue weighted by Crippen LogP contribution is 2.28. The van der Waals surface area contributed by atoms with Crippen molar-refractivity contribution in [2.75, 3.05) is 7.11 Å². The van der Waals surface area contributed by atoms with Crippen molar-refractivity contribution in [1.82, 2.24) is 0 Å². The van der Waals surface area contributed by atoms with Gasteiger partial charge in [0.2, 0.25) is 0 Å². The van der Waals surface area contributed by atoms with E-state index in [0.29, 0.717) is 17.4 Å². The van der Waals surface area contributed by atoms with Crippen molar-refractivity contribution in [3.8, 4) is 11.5 Å². The molecule has 1 atom stereocenters. The van der Waals surface area contributed by atoms with Crippen LogP contribution in [0.5, 0.6) is 11.5 Å². The molecule has 0 aliphatic rings. The van der Waals surface area contributed by atoms with Crippen molar-refractivity contribution in [1.29, 1.82) is 0 Å². The minimum Gasteiger partial charge on any atom is -0.497 e. The smallest absolute Gasteiger partial charge is 0.138 e. The summed E-state index contributed by atoms with van der Waals surface area (Å²) in [4.78, 5) is 0. The molecule has 0 aliphatic carbocycles. The van der Waals surface area contributed by atoms with Gasteiger partial charge in [0.1, 0.15) is 18.1 Å². The van der Waals surface area contributed by atoms with Gasteiger partial charge in [-0.3, -0.25) is 0 Å². The Morgan fingerprint density at radius 1 is 1.20 bits per heavy atom. The van der Waals surface area contributed by atoms with Gasteiger partial charge in [0, 0.05) is 6.04 Å². The van der Waals surface area contributed by atoms with Crippen molar-refractivity contribution in [3.05, 3.63) is 58.6 Å². The SMILES string of the molecule is COc1cccc(COc2ccc(C(C)N)cc2Cl)c1. The van der Waals surface area contributed by atoms with Gasteiger partial charge in [-0.1, -0.05) is 29.8 Å². The van der Waals surface area contributed by atoms with E-state index in [1.165, 1.54) is 0 Å². The van der Waals surface area contributed by atoms with Gasteiger partial charge in [-0.25, -0.2) is 0 Å². The third-order valence-electron chi connectivity index (χ3n) is 3.01. The molecule has 0 aliphatic heterocycles. The molecule has 0 bridgehead atoms. The molecule has 1 unspecified atom stereocenters. The van der Waals surface area contributed by atoms with Gasteiger partial charge < -0.3 is 15.2 Å². The Balaban J connectivity index is 2.07. The number of nitrogens with two attached hydrogens (primary N) is 1. The van der Waals surface area contributed by atoms with Crippen molar-refractivity contribution in [2.45, 2.75) is 19.6 Å². The van der Waals surface area contributed by atoms with E-state index in [-0.39, 0.29) is 6.04 Å². The normalized spacial score (nSPS) is 12.0. The molecule has 2 rings (SSSR count). The minimum absolute atomic E-state index is 0.0417. The molecule has 0 amide bonds. The van der Waals surface area contributed by atoms with Gasteiger partial charge >= 0.3 is 0 Å². The molecule has 0 spiro atoms. The summed E-state index contributed by atoms with van der Waals surface area (Å²) < 4.78 is 10.9. The molecular formula is C16H18ClNO2. The monoisotopic (exact) mass is 291 g/mol. The summed E-state index contributed by atoms with van der Waals surface area (Å²) >= 11 is 6.19. The second-order valence-corrected chi connectivity index (χ2v) is 5.03. The summed E-state index contributed by atoms with van der Waals surface area (Å²) in [5.41, 5.74) is 7.83. The van der Waals surface area contributed by atoms with Crippen molar-refractivity contribution in [2.24, 2.45) is 5.73 Å². The summed E-state index contributed by atoms with van der Waals surface area (Å²) in [7, 11) is 1.64. The van der Waals surface area contributed by atoms with Crippen LogP contribution >= 0.6 is 11.6 Å². The highest BCUT2D eigenvalue weighted by molar-refractivity contribution is 6.32. The molecule has 20 heavy (non-hydrogen) atoms. The van der Waals surface area contributed by atoms with Gasteiger partial charge in [0.15, 0.2) is 0 Å². The minimum atomic E-state index is -0.0417. The van der Waals surface area contributed by atoms with E-state index in [2.05, 4.69) is 0 Å². The van der Waals surface area contributed by atoms with Crippen LogP contribution in [0.3, 0.4) is 0 Å². The Hall–Kier alpha value is -1.71. The number of benzene rings is 2. The lowest BCUT2D eigenvalue weighted by Gasteiger charge is -2.11. The third kappa shape index (κ3) is 3.65. The lowest BCUT2D eigenvalue weighted by atomic mass is 10.1. The quantitative estimate of drug-likeness (QED) is 0.907. The lowest BCUT2D eigenvalue weighted by Crippen LogP contribution is -2.05. The molecule has 2 N–H and O–H groups in total. The Labute approximate surface area is 124 Å². The van der Waals surface area contributed by atoms with Crippen LogP contribution < -0.4 is 15.2 Å². The van der Waals surface area contributed by atoms with E-state index in [0.717, 1.165) is 16.9 Å². The average Bonchev–Trinajstić information content (AvgIpc) is 2.46. The molecule has 0 saturated heterocycles. The van der Waals surface area contributed by atoms with Crippen LogP contribution in [-0.2, 0) is 6.61 Å². The zero-order valence-corrected chi connectivity index (χ0v) is 12.4. The van der Waals surface area contributed by atoms with Crippen LogP contribution in [0, 0.1) is 0 Å². The first-order valence-electron chi connectivity index (χ1n) is 6.41. The first-order valence-corrected chi connectivity index (χ1v) is 6.78. The van der Waals surface area contributed by atoms with E-state index in [9.17, 15) is 0 Å². The van der Waals surface area contributed by atoms with Gasteiger partial charge in [0.25, 0.3) is 0 Å². The fourth-order valence-electron chi connectivity index (χ4n) is 1.84. The maximum Gasteiger partial charge on any atom is 0.138 e. The predicted octanol–water partition coefficient (Wildman–Crippen LogP) is 3.95. The standard InChI is InChI=1S/C16H18ClNO2/c1-11(18)13-6-7-16(15(17)9-13)20-10-12-4-3-5-14(8-12)19-2/h3-9,11H,10,18H2,1-2H3. The molecule has 0 saturated carbocycles. The Morgan fingerprint density at radius 3 is 2.65 bits per heavy atom. The molecule has 0 fully saturated rings. The van der Waals surface area contributed by atoms with Gasteiger partial charge in [0.05, 0.1) is 12.1 Å². The summed E-state index contributed by atoms with van der Waals surface area (Å²) in [6, 6.07) is 13.3. The van der Waals surface area contributed by atoms with Crippen molar-refractivity contribution < 1.29 is 9.47 Å².